The van der Waals surface area contributed by atoms with Crippen molar-refractivity contribution >= 4 is 5.91 Å². The molecule has 0 bridgehead atoms. The van der Waals surface area contributed by atoms with Gasteiger partial charge in [0.2, 0.25) is 5.91 Å². The normalized spacial score (nSPS) is 15.1. The number of primary amides is 1. The summed E-state index contributed by atoms with van der Waals surface area (Å²) in [7, 11) is 0. The standard InChI is InChI=1S/C10H22N2O2/c1-4-8(3)6-9(5-2)12-14-7-10(11)13/h8-9,12H,4-7H2,1-3H3,(H2,11,13). The molecular formula is C10H22N2O2. The monoisotopic (exact) mass is 202 g/mol. The third-order valence-corrected chi connectivity index (χ3v) is 2.34. The Bertz CT molecular complexity index is 162. The highest BCUT2D eigenvalue weighted by Gasteiger charge is 2.10. The molecule has 0 aliphatic heterocycles. The lowest BCUT2D eigenvalue weighted by molar-refractivity contribution is -0.126. The number of amides is 1. The summed E-state index contributed by atoms with van der Waals surface area (Å²) in [5.74, 6) is 0.223. The maximum atomic E-state index is 10.4. The van der Waals surface area contributed by atoms with Crippen LogP contribution in [-0.4, -0.2) is 18.6 Å². The van der Waals surface area contributed by atoms with Gasteiger partial charge in [0.25, 0.3) is 0 Å². The summed E-state index contributed by atoms with van der Waals surface area (Å²) in [4.78, 5) is 15.4. The van der Waals surface area contributed by atoms with Gasteiger partial charge >= 0.3 is 0 Å². The minimum Gasteiger partial charge on any atom is -0.368 e. The highest BCUT2D eigenvalue weighted by molar-refractivity contribution is 5.74. The number of rotatable bonds is 8. The molecule has 0 saturated heterocycles. The Morgan fingerprint density at radius 3 is 2.50 bits per heavy atom. The second-order valence-electron chi connectivity index (χ2n) is 3.73. The second kappa shape index (κ2) is 7.76. The zero-order valence-corrected chi connectivity index (χ0v) is 9.38. The van der Waals surface area contributed by atoms with Crippen molar-refractivity contribution in [2.45, 2.75) is 46.1 Å². The molecule has 0 spiro atoms. The Kier molecular flexibility index (Phi) is 7.42. The topological polar surface area (TPSA) is 64.3 Å². The number of carbonyl (C=O) groups excluding carboxylic acids is 1. The maximum Gasteiger partial charge on any atom is 0.245 e. The molecule has 0 saturated carbocycles. The van der Waals surface area contributed by atoms with E-state index in [4.69, 9.17) is 10.6 Å². The van der Waals surface area contributed by atoms with Crippen LogP contribution in [0.5, 0.6) is 0 Å². The Balaban J connectivity index is 3.62. The van der Waals surface area contributed by atoms with Gasteiger partial charge in [-0.1, -0.05) is 27.2 Å². The summed E-state index contributed by atoms with van der Waals surface area (Å²) in [6.45, 7) is 6.41. The molecule has 2 atom stereocenters. The number of hydrogen-bond donors (Lipinski definition) is 2. The molecule has 4 nitrogen and oxygen atoms in total. The van der Waals surface area contributed by atoms with Crippen molar-refractivity contribution in [3.8, 4) is 0 Å². The van der Waals surface area contributed by atoms with E-state index in [1.165, 1.54) is 0 Å². The van der Waals surface area contributed by atoms with E-state index in [1.54, 1.807) is 0 Å². The lowest BCUT2D eigenvalue weighted by atomic mass is 9.98. The predicted molar refractivity (Wildman–Crippen MR) is 56.4 cm³/mol. The molecule has 84 valence electrons. The molecule has 0 heterocycles. The first-order chi connectivity index (χ1) is 6.60. The van der Waals surface area contributed by atoms with Gasteiger partial charge in [-0.05, 0) is 18.8 Å². The largest absolute Gasteiger partial charge is 0.368 e. The van der Waals surface area contributed by atoms with E-state index < -0.39 is 5.91 Å². The summed E-state index contributed by atoms with van der Waals surface area (Å²) < 4.78 is 0. The van der Waals surface area contributed by atoms with Crippen LogP contribution in [0.15, 0.2) is 0 Å². The van der Waals surface area contributed by atoms with Crippen LogP contribution in [0.2, 0.25) is 0 Å². The number of nitrogens with two attached hydrogens (primary N) is 1. The Morgan fingerprint density at radius 1 is 1.43 bits per heavy atom. The van der Waals surface area contributed by atoms with Crippen molar-refractivity contribution in [1.29, 1.82) is 0 Å². The van der Waals surface area contributed by atoms with Crippen molar-refractivity contribution in [3.05, 3.63) is 0 Å². The van der Waals surface area contributed by atoms with Crippen LogP contribution in [-0.2, 0) is 9.63 Å². The summed E-state index contributed by atoms with van der Waals surface area (Å²) in [5.41, 5.74) is 7.81. The minimum atomic E-state index is -0.448. The predicted octanol–water partition coefficient (Wildman–Crippen LogP) is 1.21. The fourth-order valence-electron chi connectivity index (χ4n) is 1.18. The average Bonchev–Trinajstić information content (AvgIpc) is 2.15. The van der Waals surface area contributed by atoms with Crippen LogP contribution < -0.4 is 11.2 Å². The van der Waals surface area contributed by atoms with Gasteiger partial charge in [-0.3, -0.25) is 9.63 Å². The van der Waals surface area contributed by atoms with E-state index in [-0.39, 0.29) is 6.61 Å². The van der Waals surface area contributed by atoms with E-state index in [0.717, 1.165) is 19.3 Å². The molecule has 0 aromatic heterocycles. The highest BCUT2D eigenvalue weighted by atomic mass is 16.6. The van der Waals surface area contributed by atoms with Gasteiger partial charge in [0, 0.05) is 6.04 Å². The Labute approximate surface area is 86.1 Å². The van der Waals surface area contributed by atoms with Crippen LogP contribution in [0.3, 0.4) is 0 Å². The fourth-order valence-corrected chi connectivity index (χ4v) is 1.18. The molecular weight excluding hydrogens is 180 g/mol. The van der Waals surface area contributed by atoms with Gasteiger partial charge in [-0.15, -0.1) is 0 Å². The molecule has 0 aliphatic carbocycles. The van der Waals surface area contributed by atoms with Crippen molar-refractivity contribution < 1.29 is 9.63 Å². The lowest BCUT2D eigenvalue weighted by Crippen LogP contribution is -2.33. The fraction of sp³-hybridized carbons (Fsp3) is 0.900. The van der Waals surface area contributed by atoms with Gasteiger partial charge in [0.1, 0.15) is 6.61 Å². The molecule has 4 heteroatoms. The Hall–Kier alpha value is -0.610. The first-order valence-corrected chi connectivity index (χ1v) is 5.25. The number of nitrogens with one attached hydrogen (secondary N) is 1. The van der Waals surface area contributed by atoms with Crippen LogP contribution in [0.1, 0.15) is 40.0 Å². The quantitative estimate of drug-likeness (QED) is 0.581. The number of hydrogen-bond acceptors (Lipinski definition) is 3. The molecule has 0 aromatic rings. The third kappa shape index (κ3) is 6.86. The first kappa shape index (κ1) is 13.4. The van der Waals surface area contributed by atoms with Gasteiger partial charge in [-0.25, -0.2) is 0 Å². The van der Waals surface area contributed by atoms with Crippen LogP contribution in [0, 0.1) is 5.92 Å². The molecule has 0 radical (unpaired) electrons. The van der Waals surface area contributed by atoms with Crippen LogP contribution in [0.25, 0.3) is 0 Å². The zero-order valence-electron chi connectivity index (χ0n) is 9.38. The van der Waals surface area contributed by atoms with Gasteiger partial charge < -0.3 is 5.73 Å². The molecule has 3 N–H and O–H groups in total. The zero-order chi connectivity index (χ0) is 11.0. The van der Waals surface area contributed by atoms with E-state index in [0.29, 0.717) is 12.0 Å². The van der Waals surface area contributed by atoms with E-state index >= 15 is 0 Å². The minimum absolute atomic E-state index is 0.0585. The van der Waals surface area contributed by atoms with Crippen molar-refractivity contribution in [2.75, 3.05) is 6.61 Å². The number of hydroxylamine groups is 1. The summed E-state index contributed by atoms with van der Waals surface area (Å²) >= 11 is 0. The van der Waals surface area contributed by atoms with E-state index in [2.05, 4.69) is 26.3 Å². The van der Waals surface area contributed by atoms with Crippen LogP contribution in [0.4, 0.5) is 0 Å². The van der Waals surface area contributed by atoms with Crippen LogP contribution >= 0.6 is 0 Å². The van der Waals surface area contributed by atoms with E-state index in [1.807, 2.05) is 0 Å². The van der Waals surface area contributed by atoms with E-state index in [9.17, 15) is 4.79 Å². The molecule has 0 fully saturated rings. The third-order valence-electron chi connectivity index (χ3n) is 2.34. The SMILES string of the molecule is CCC(C)CC(CC)NOCC(N)=O. The van der Waals surface area contributed by atoms with Gasteiger partial charge in [0.15, 0.2) is 0 Å². The Morgan fingerprint density at radius 2 is 2.07 bits per heavy atom. The molecule has 0 aromatic carbocycles. The smallest absolute Gasteiger partial charge is 0.245 e. The average molecular weight is 202 g/mol. The van der Waals surface area contributed by atoms with Crippen molar-refractivity contribution in [2.24, 2.45) is 11.7 Å². The van der Waals surface area contributed by atoms with Crippen molar-refractivity contribution in [1.82, 2.24) is 5.48 Å². The molecule has 0 rings (SSSR count). The number of carbonyl (C=O) groups is 1. The maximum absolute atomic E-state index is 10.4. The van der Waals surface area contributed by atoms with Gasteiger partial charge in [-0.2, -0.15) is 5.48 Å². The van der Waals surface area contributed by atoms with Crippen molar-refractivity contribution in [3.63, 3.8) is 0 Å². The molecule has 1 amide bonds. The molecule has 2 unspecified atom stereocenters. The summed E-state index contributed by atoms with van der Waals surface area (Å²) in [6, 6.07) is 0.310. The van der Waals surface area contributed by atoms with Gasteiger partial charge in [0.05, 0.1) is 0 Å². The molecule has 14 heavy (non-hydrogen) atoms. The highest BCUT2D eigenvalue weighted by Crippen LogP contribution is 2.11. The second-order valence-corrected chi connectivity index (χ2v) is 3.73. The molecule has 0 aliphatic rings. The summed E-state index contributed by atoms with van der Waals surface area (Å²) in [5, 5.41) is 0. The first-order valence-electron chi connectivity index (χ1n) is 5.25. The summed E-state index contributed by atoms with van der Waals surface area (Å²) in [6.07, 6.45) is 3.21. The lowest BCUT2D eigenvalue weighted by Gasteiger charge is -2.19.